The lowest BCUT2D eigenvalue weighted by Crippen LogP contribution is -2.61. The van der Waals surface area contributed by atoms with Crippen LogP contribution < -0.4 is 0 Å². The van der Waals surface area contributed by atoms with Crippen LogP contribution in [0.4, 0.5) is 0 Å². The van der Waals surface area contributed by atoms with Crippen molar-refractivity contribution in [2.24, 2.45) is 0 Å². The van der Waals surface area contributed by atoms with Gasteiger partial charge in [-0.15, -0.1) is 0 Å². The number of ether oxygens (including phenoxy) is 5. The van der Waals surface area contributed by atoms with Gasteiger partial charge in [-0.1, -0.05) is 243 Å². The number of esters is 3. The molecule has 1 rings (SSSR count). The van der Waals surface area contributed by atoms with Crippen molar-refractivity contribution in [3.05, 3.63) is 36.5 Å². The number of allylic oxidation sites excluding steroid dienone is 6. The Morgan fingerprint density at radius 2 is 0.779 bits per heavy atom. The number of aliphatic hydroxyl groups excluding tert-OH is 2. The molecule has 0 saturated carbocycles. The quantitative estimate of drug-likeness (QED) is 0.0228. The molecule has 0 radical (unpaired) electrons. The van der Waals surface area contributed by atoms with Crippen LogP contribution >= 0.6 is 0 Å². The fourth-order valence-corrected chi connectivity index (χ4v) is 9.75. The van der Waals surface area contributed by atoms with Crippen molar-refractivity contribution in [3.63, 3.8) is 0 Å². The summed E-state index contributed by atoms with van der Waals surface area (Å²) >= 11 is 0. The fourth-order valence-electron chi connectivity index (χ4n) is 9.75. The van der Waals surface area contributed by atoms with E-state index in [2.05, 4.69) is 57.2 Å². The summed E-state index contributed by atoms with van der Waals surface area (Å²) in [5, 5.41) is 31.5. The van der Waals surface area contributed by atoms with E-state index in [0.717, 1.165) is 77.0 Å². The molecule has 448 valence electrons. The molecule has 6 atom stereocenters. The zero-order valence-electron chi connectivity index (χ0n) is 49.5. The molecule has 0 aromatic rings. The molecule has 77 heavy (non-hydrogen) atoms. The topological polar surface area (TPSA) is 175 Å². The van der Waals surface area contributed by atoms with Crippen molar-refractivity contribution in [2.75, 3.05) is 13.2 Å². The molecule has 0 amide bonds. The first-order valence-electron chi connectivity index (χ1n) is 32.0. The third kappa shape index (κ3) is 43.4. The van der Waals surface area contributed by atoms with Gasteiger partial charge in [-0.25, -0.2) is 4.79 Å². The summed E-state index contributed by atoms with van der Waals surface area (Å²) < 4.78 is 28.5. The Hall–Kier alpha value is -3.06. The van der Waals surface area contributed by atoms with Crippen LogP contribution in [0.2, 0.25) is 0 Å². The lowest BCUT2D eigenvalue weighted by atomic mass is 9.98. The average molecular weight is 1090 g/mol. The second-order valence-electron chi connectivity index (χ2n) is 22.0. The summed E-state index contributed by atoms with van der Waals surface area (Å²) in [7, 11) is 0. The van der Waals surface area contributed by atoms with Crippen molar-refractivity contribution in [2.45, 2.75) is 340 Å². The van der Waals surface area contributed by atoms with Gasteiger partial charge in [0.15, 0.2) is 24.6 Å². The normalized spacial score (nSPS) is 18.2. The van der Waals surface area contributed by atoms with Crippen LogP contribution in [0.3, 0.4) is 0 Å². The van der Waals surface area contributed by atoms with Crippen molar-refractivity contribution in [1.29, 1.82) is 0 Å². The maximum absolute atomic E-state index is 13.1. The Bertz CT molecular complexity index is 1480. The van der Waals surface area contributed by atoms with E-state index in [1.165, 1.54) is 167 Å². The Morgan fingerprint density at radius 1 is 0.429 bits per heavy atom. The standard InChI is InChI=1S/C65H116O12/c1-4-7-10-13-16-19-21-23-25-27-29-31-33-35-37-40-42-45-48-51-57(66)73-54-56(75-58(67)52-49-46-43-39-18-15-12-9-6-3)55-74-65-63(61(70)60(69)62(77-65)64(71)72)76-59(68)53-50-47-44-41-38-36-34-32-30-28-26-24-22-20-17-14-11-8-5-2/h17,20,23-26,56,60-63,65,69-70H,4-16,18-19,21-22,27-55H2,1-3H3,(H,71,72)/b20-17-,25-23-,26-24-. The van der Waals surface area contributed by atoms with Crippen molar-refractivity contribution in [3.8, 4) is 0 Å². The lowest BCUT2D eigenvalue weighted by Gasteiger charge is -2.40. The predicted octanol–water partition coefficient (Wildman–Crippen LogP) is 16.8. The molecule has 0 aromatic carbocycles. The number of carboxylic acid groups (broad SMARTS) is 1. The van der Waals surface area contributed by atoms with E-state index in [1.54, 1.807) is 0 Å². The molecule has 1 aliphatic heterocycles. The van der Waals surface area contributed by atoms with E-state index in [0.29, 0.717) is 19.3 Å². The highest BCUT2D eigenvalue weighted by Crippen LogP contribution is 2.27. The average Bonchev–Trinajstić information content (AvgIpc) is 3.42. The SMILES string of the molecule is CCCCC/C=C\C/C=C\CCCCCCCCCCCC(=O)OC1C(OCC(COC(=O)CCCCCCCCCCC/C=C\CCCCCCCC)OC(=O)CCCCCCCCCCC)OC(C(=O)O)C(O)C1O. The minimum Gasteiger partial charge on any atom is -0.479 e. The predicted molar refractivity (Wildman–Crippen MR) is 313 cm³/mol. The Kier molecular flexibility index (Phi) is 50.1. The molecular formula is C65H116O12. The number of carbonyl (C=O) groups is 4. The maximum Gasteiger partial charge on any atom is 0.335 e. The zero-order valence-corrected chi connectivity index (χ0v) is 49.5. The third-order valence-corrected chi connectivity index (χ3v) is 14.7. The lowest BCUT2D eigenvalue weighted by molar-refractivity contribution is -0.301. The first-order chi connectivity index (χ1) is 37.6. The van der Waals surface area contributed by atoms with Crippen LogP contribution in [0, 0.1) is 0 Å². The third-order valence-electron chi connectivity index (χ3n) is 14.7. The minimum absolute atomic E-state index is 0.0588. The van der Waals surface area contributed by atoms with E-state index in [1.807, 2.05) is 0 Å². The van der Waals surface area contributed by atoms with Gasteiger partial charge in [0.05, 0.1) is 6.61 Å². The minimum atomic E-state index is -1.90. The van der Waals surface area contributed by atoms with Gasteiger partial charge in [0, 0.05) is 19.3 Å². The molecule has 12 nitrogen and oxygen atoms in total. The number of aliphatic hydroxyl groups is 2. The fraction of sp³-hybridized carbons (Fsp3) is 0.846. The van der Waals surface area contributed by atoms with Gasteiger partial charge >= 0.3 is 23.9 Å². The van der Waals surface area contributed by atoms with Gasteiger partial charge in [-0.05, 0) is 77.0 Å². The monoisotopic (exact) mass is 1090 g/mol. The molecule has 12 heteroatoms. The Balaban J connectivity index is 2.58. The van der Waals surface area contributed by atoms with Crippen LogP contribution in [0.1, 0.15) is 303 Å². The Labute approximate surface area is 470 Å². The molecule has 1 heterocycles. The van der Waals surface area contributed by atoms with Crippen molar-refractivity contribution >= 4 is 23.9 Å². The molecule has 1 aliphatic rings. The molecule has 6 unspecified atom stereocenters. The number of carbonyl (C=O) groups excluding carboxylic acids is 3. The van der Waals surface area contributed by atoms with Crippen LogP contribution in [-0.2, 0) is 42.9 Å². The van der Waals surface area contributed by atoms with E-state index in [9.17, 15) is 34.5 Å². The zero-order chi connectivity index (χ0) is 56.1. The number of hydrogen-bond donors (Lipinski definition) is 3. The summed E-state index contributed by atoms with van der Waals surface area (Å²) in [4.78, 5) is 51.1. The van der Waals surface area contributed by atoms with E-state index < -0.39 is 67.3 Å². The summed E-state index contributed by atoms with van der Waals surface area (Å²) in [5.74, 6) is -3.10. The highest BCUT2D eigenvalue weighted by atomic mass is 16.7. The summed E-state index contributed by atoms with van der Waals surface area (Å²) in [6.07, 6.45) is 51.2. The van der Waals surface area contributed by atoms with Crippen molar-refractivity contribution < 1.29 is 58.2 Å². The maximum atomic E-state index is 13.1. The Morgan fingerprint density at radius 3 is 1.21 bits per heavy atom. The molecule has 0 bridgehead atoms. The molecule has 0 aliphatic carbocycles. The first kappa shape index (κ1) is 72.0. The van der Waals surface area contributed by atoms with Gasteiger partial charge in [-0.2, -0.15) is 0 Å². The van der Waals surface area contributed by atoms with Crippen LogP contribution in [0.15, 0.2) is 36.5 Å². The second-order valence-corrected chi connectivity index (χ2v) is 22.0. The first-order valence-corrected chi connectivity index (χ1v) is 32.0. The highest BCUT2D eigenvalue weighted by molar-refractivity contribution is 5.74. The largest absolute Gasteiger partial charge is 0.479 e. The van der Waals surface area contributed by atoms with Crippen LogP contribution in [0.25, 0.3) is 0 Å². The van der Waals surface area contributed by atoms with Gasteiger partial charge < -0.3 is 39.0 Å². The second kappa shape index (κ2) is 53.6. The highest BCUT2D eigenvalue weighted by Gasteiger charge is 2.50. The van der Waals surface area contributed by atoms with E-state index >= 15 is 0 Å². The summed E-state index contributed by atoms with van der Waals surface area (Å²) in [6.45, 7) is 5.97. The van der Waals surface area contributed by atoms with E-state index in [-0.39, 0.29) is 25.9 Å². The smallest absolute Gasteiger partial charge is 0.335 e. The molecule has 0 aromatic heterocycles. The number of unbranched alkanes of at least 4 members (excludes halogenated alkanes) is 35. The number of aliphatic carboxylic acids is 1. The van der Waals surface area contributed by atoms with E-state index in [4.69, 9.17) is 23.7 Å². The molecule has 1 saturated heterocycles. The van der Waals surface area contributed by atoms with Gasteiger partial charge in [-0.3, -0.25) is 14.4 Å². The molecule has 3 N–H and O–H groups in total. The number of rotatable bonds is 55. The van der Waals surface area contributed by atoms with Crippen LogP contribution in [0.5, 0.6) is 0 Å². The van der Waals surface area contributed by atoms with Gasteiger partial charge in [0.1, 0.15) is 18.8 Å². The molecule has 0 spiro atoms. The number of carboxylic acids is 1. The van der Waals surface area contributed by atoms with Crippen molar-refractivity contribution in [1.82, 2.24) is 0 Å². The van der Waals surface area contributed by atoms with Crippen LogP contribution in [-0.4, -0.2) is 89.2 Å². The molecular weight excluding hydrogens is 973 g/mol. The summed E-state index contributed by atoms with van der Waals surface area (Å²) in [5.41, 5.74) is 0. The van der Waals surface area contributed by atoms with Gasteiger partial charge in [0.25, 0.3) is 0 Å². The summed E-state index contributed by atoms with van der Waals surface area (Å²) in [6, 6.07) is 0. The number of hydrogen-bond acceptors (Lipinski definition) is 11. The van der Waals surface area contributed by atoms with Gasteiger partial charge in [0.2, 0.25) is 0 Å². The molecule has 1 fully saturated rings.